The van der Waals surface area contributed by atoms with E-state index in [1.165, 1.54) is 4.31 Å². The number of halogens is 1. The molecule has 1 aromatic heterocycles. The van der Waals surface area contributed by atoms with Crippen LogP contribution < -0.4 is 5.32 Å². The van der Waals surface area contributed by atoms with Crippen LogP contribution in [0.25, 0.3) is 0 Å². The van der Waals surface area contributed by atoms with Crippen molar-refractivity contribution in [3.8, 4) is 0 Å². The van der Waals surface area contributed by atoms with Gasteiger partial charge in [-0.2, -0.15) is 5.10 Å². The highest BCUT2D eigenvalue weighted by molar-refractivity contribution is 7.89. The number of nitrogens with one attached hydrogen (secondary N) is 1. The molecular weight excluding hydrogens is 388 g/mol. The molecule has 1 amide bonds. The van der Waals surface area contributed by atoms with Crippen molar-refractivity contribution in [2.45, 2.75) is 32.2 Å². The summed E-state index contributed by atoms with van der Waals surface area (Å²) in [6.07, 6.45) is 3.90. The standard InChI is InChI=1S/C18H23ClN4O3S/c19-16-7-5-15(6-8-16)14-23-17(9-10-20-23)21-18(24)4-3-13-27(25,26)22-11-1-2-12-22/h5-10H,1-4,11-14H2,(H,21,24). The second-order valence-corrected chi connectivity index (χ2v) is 9.10. The maximum Gasteiger partial charge on any atom is 0.225 e. The molecule has 7 nitrogen and oxygen atoms in total. The van der Waals surface area contributed by atoms with Crippen LogP contribution in [-0.2, 0) is 21.4 Å². The van der Waals surface area contributed by atoms with E-state index in [2.05, 4.69) is 10.4 Å². The number of benzene rings is 1. The highest BCUT2D eigenvalue weighted by atomic mass is 35.5. The largest absolute Gasteiger partial charge is 0.311 e. The van der Waals surface area contributed by atoms with Crippen LogP contribution >= 0.6 is 11.6 Å². The van der Waals surface area contributed by atoms with Crippen molar-refractivity contribution in [2.24, 2.45) is 0 Å². The van der Waals surface area contributed by atoms with Crippen LogP contribution in [0.1, 0.15) is 31.2 Å². The molecule has 1 aliphatic rings. The SMILES string of the molecule is O=C(CCCS(=O)(=O)N1CCCC1)Nc1ccnn1Cc1ccc(Cl)cc1. The number of anilines is 1. The molecule has 2 heterocycles. The minimum atomic E-state index is -3.25. The molecule has 0 atom stereocenters. The summed E-state index contributed by atoms with van der Waals surface area (Å²) in [7, 11) is -3.25. The van der Waals surface area contributed by atoms with Gasteiger partial charge in [0, 0.05) is 30.6 Å². The summed E-state index contributed by atoms with van der Waals surface area (Å²) in [5.74, 6) is 0.367. The van der Waals surface area contributed by atoms with Crippen LogP contribution in [0.2, 0.25) is 5.02 Å². The lowest BCUT2D eigenvalue weighted by atomic mass is 10.2. The van der Waals surface area contributed by atoms with Gasteiger partial charge in [-0.25, -0.2) is 17.4 Å². The molecule has 3 rings (SSSR count). The monoisotopic (exact) mass is 410 g/mol. The lowest BCUT2D eigenvalue weighted by Crippen LogP contribution is -2.30. The number of rotatable bonds is 8. The number of sulfonamides is 1. The molecule has 1 saturated heterocycles. The van der Waals surface area contributed by atoms with E-state index in [9.17, 15) is 13.2 Å². The van der Waals surface area contributed by atoms with E-state index in [4.69, 9.17) is 11.6 Å². The Morgan fingerprint density at radius 3 is 2.56 bits per heavy atom. The molecule has 0 unspecified atom stereocenters. The lowest BCUT2D eigenvalue weighted by molar-refractivity contribution is -0.116. The normalized spacial score (nSPS) is 15.1. The zero-order chi connectivity index (χ0) is 19.3. The third-order valence-electron chi connectivity index (χ3n) is 4.49. The average molecular weight is 411 g/mol. The van der Waals surface area contributed by atoms with E-state index < -0.39 is 10.0 Å². The number of hydrogen-bond acceptors (Lipinski definition) is 4. The summed E-state index contributed by atoms with van der Waals surface area (Å²) in [6.45, 7) is 1.69. The number of hydrogen-bond donors (Lipinski definition) is 1. The maximum absolute atomic E-state index is 12.2. The first-order valence-electron chi connectivity index (χ1n) is 8.98. The molecule has 0 aliphatic carbocycles. The Morgan fingerprint density at radius 1 is 1.15 bits per heavy atom. The van der Waals surface area contributed by atoms with E-state index in [-0.39, 0.29) is 18.1 Å². The molecule has 1 aliphatic heterocycles. The molecule has 0 radical (unpaired) electrons. The number of amides is 1. The van der Waals surface area contributed by atoms with Crippen LogP contribution in [0.3, 0.4) is 0 Å². The first kappa shape index (κ1) is 19.9. The van der Waals surface area contributed by atoms with Gasteiger partial charge >= 0.3 is 0 Å². The van der Waals surface area contributed by atoms with Crippen molar-refractivity contribution in [2.75, 3.05) is 24.2 Å². The molecule has 27 heavy (non-hydrogen) atoms. The van der Waals surface area contributed by atoms with E-state index in [1.807, 2.05) is 12.1 Å². The van der Waals surface area contributed by atoms with E-state index in [0.717, 1.165) is 18.4 Å². The van der Waals surface area contributed by atoms with Gasteiger partial charge in [-0.3, -0.25) is 4.79 Å². The molecule has 0 spiro atoms. The second kappa shape index (κ2) is 8.86. The summed E-state index contributed by atoms with van der Waals surface area (Å²) in [6, 6.07) is 9.13. The second-order valence-electron chi connectivity index (χ2n) is 6.57. The highest BCUT2D eigenvalue weighted by Gasteiger charge is 2.24. The third kappa shape index (κ3) is 5.54. The van der Waals surface area contributed by atoms with Gasteiger partial charge in [0.2, 0.25) is 15.9 Å². The predicted molar refractivity (Wildman–Crippen MR) is 105 cm³/mol. The fourth-order valence-electron chi connectivity index (χ4n) is 3.04. The van der Waals surface area contributed by atoms with Crippen LogP contribution in [-0.4, -0.2) is 47.3 Å². The molecule has 0 bridgehead atoms. The van der Waals surface area contributed by atoms with Gasteiger partial charge in [0.25, 0.3) is 0 Å². The van der Waals surface area contributed by atoms with Gasteiger partial charge in [0.15, 0.2) is 0 Å². The molecular formula is C18H23ClN4O3S. The summed E-state index contributed by atoms with van der Waals surface area (Å²) in [5, 5.41) is 7.69. The first-order chi connectivity index (χ1) is 12.9. The van der Waals surface area contributed by atoms with Crippen LogP contribution in [0.5, 0.6) is 0 Å². The summed E-state index contributed by atoms with van der Waals surface area (Å²) >= 11 is 5.89. The van der Waals surface area contributed by atoms with Crippen molar-refractivity contribution in [1.82, 2.24) is 14.1 Å². The predicted octanol–water partition coefficient (Wildman–Crippen LogP) is 2.73. The topological polar surface area (TPSA) is 84.3 Å². The number of nitrogens with zero attached hydrogens (tertiary/aromatic N) is 3. The Labute approximate surface area is 164 Å². The fourth-order valence-corrected chi connectivity index (χ4v) is 4.75. The number of carbonyl (C=O) groups excluding carboxylic acids is 1. The quantitative estimate of drug-likeness (QED) is 0.725. The number of aromatic nitrogens is 2. The Kier molecular flexibility index (Phi) is 6.51. The Bertz CT molecular complexity index is 874. The highest BCUT2D eigenvalue weighted by Crippen LogP contribution is 2.16. The summed E-state index contributed by atoms with van der Waals surface area (Å²) < 4.78 is 27.6. The van der Waals surface area contributed by atoms with Gasteiger partial charge < -0.3 is 5.32 Å². The van der Waals surface area contributed by atoms with Crippen molar-refractivity contribution >= 4 is 33.3 Å². The van der Waals surface area contributed by atoms with Crippen LogP contribution in [0.4, 0.5) is 5.82 Å². The van der Waals surface area contributed by atoms with E-state index in [1.54, 1.807) is 29.1 Å². The molecule has 146 valence electrons. The zero-order valence-electron chi connectivity index (χ0n) is 15.0. The molecule has 1 fully saturated rings. The summed E-state index contributed by atoms with van der Waals surface area (Å²) in [4.78, 5) is 12.2. The van der Waals surface area contributed by atoms with E-state index >= 15 is 0 Å². The van der Waals surface area contributed by atoms with Crippen molar-refractivity contribution < 1.29 is 13.2 Å². The van der Waals surface area contributed by atoms with Gasteiger partial charge in [0.05, 0.1) is 18.5 Å². The third-order valence-corrected chi connectivity index (χ3v) is 6.70. The Hall–Kier alpha value is -1.90. The fraction of sp³-hybridized carbons (Fsp3) is 0.444. The lowest BCUT2D eigenvalue weighted by Gasteiger charge is -2.15. The minimum Gasteiger partial charge on any atom is -0.311 e. The van der Waals surface area contributed by atoms with Crippen molar-refractivity contribution in [3.63, 3.8) is 0 Å². The smallest absolute Gasteiger partial charge is 0.225 e. The minimum absolute atomic E-state index is 0.00442. The van der Waals surface area contributed by atoms with Gasteiger partial charge in [0.1, 0.15) is 5.82 Å². The van der Waals surface area contributed by atoms with Crippen molar-refractivity contribution in [1.29, 1.82) is 0 Å². The number of carbonyl (C=O) groups is 1. The van der Waals surface area contributed by atoms with Crippen LogP contribution in [0.15, 0.2) is 36.5 Å². The maximum atomic E-state index is 12.2. The van der Waals surface area contributed by atoms with Gasteiger partial charge in [-0.05, 0) is 37.0 Å². The zero-order valence-corrected chi connectivity index (χ0v) is 16.5. The molecule has 2 aromatic rings. The molecule has 9 heteroatoms. The Balaban J connectivity index is 1.50. The first-order valence-corrected chi connectivity index (χ1v) is 11.0. The molecule has 1 aromatic carbocycles. The van der Waals surface area contributed by atoms with Gasteiger partial charge in [-0.1, -0.05) is 23.7 Å². The molecule has 0 saturated carbocycles. The Morgan fingerprint density at radius 2 is 1.85 bits per heavy atom. The van der Waals surface area contributed by atoms with Gasteiger partial charge in [-0.15, -0.1) is 0 Å². The molecule has 1 N–H and O–H groups in total. The van der Waals surface area contributed by atoms with E-state index in [0.29, 0.717) is 36.9 Å². The average Bonchev–Trinajstić information content (AvgIpc) is 3.30. The summed E-state index contributed by atoms with van der Waals surface area (Å²) in [5.41, 5.74) is 1.01. The van der Waals surface area contributed by atoms with Crippen LogP contribution in [0, 0.1) is 0 Å². The van der Waals surface area contributed by atoms with Crippen molar-refractivity contribution in [3.05, 3.63) is 47.1 Å².